The van der Waals surface area contributed by atoms with Crippen molar-refractivity contribution in [2.45, 2.75) is 26.7 Å². The zero-order chi connectivity index (χ0) is 20.1. The SMILES string of the molecule is CC#CC(=O)Nc1ccc2ncc(C#N)c(Nc3cccc(C(C)C)c3)c2c1. The molecule has 2 N–H and O–H groups in total. The number of rotatable bonds is 4. The van der Waals surface area contributed by atoms with Crippen LogP contribution in [0.25, 0.3) is 10.9 Å². The maximum absolute atomic E-state index is 11.8. The summed E-state index contributed by atoms with van der Waals surface area (Å²) in [6.45, 7) is 5.88. The predicted octanol–water partition coefficient (Wildman–Crippen LogP) is 4.94. The molecule has 0 aliphatic heterocycles. The number of pyridine rings is 1. The molecular formula is C23H20N4O. The molecule has 0 saturated heterocycles. The van der Waals surface area contributed by atoms with Crippen LogP contribution >= 0.6 is 0 Å². The summed E-state index contributed by atoms with van der Waals surface area (Å²) in [5.74, 6) is 5.04. The first-order valence-electron chi connectivity index (χ1n) is 8.95. The van der Waals surface area contributed by atoms with Crippen molar-refractivity contribution in [1.82, 2.24) is 4.98 Å². The van der Waals surface area contributed by atoms with Crippen molar-refractivity contribution in [3.05, 3.63) is 59.8 Å². The van der Waals surface area contributed by atoms with Crippen LogP contribution in [0.1, 0.15) is 37.8 Å². The molecule has 1 heterocycles. The fourth-order valence-electron chi connectivity index (χ4n) is 2.89. The smallest absolute Gasteiger partial charge is 0.300 e. The Morgan fingerprint density at radius 1 is 1.14 bits per heavy atom. The molecule has 138 valence electrons. The van der Waals surface area contributed by atoms with Gasteiger partial charge in [0, 0.05) is 23.0 Å². The van der Waals surface area contributed by atoms with E-state index in [4.69, 9.17) is 0 Å². The average molecular weight is 368 g/mol. The van der Waals surface area contributed by atoms with Crippen molar-refractivity contribution in [2.75, 3.05) is 10.6 Å². The van der Waals surface area contributed by atoms with Crippen molar-refractivity contribution in [2.24, 2.45) is 0 Å². The zero-order valence-corrected chi connectivity index (χ0v) is 16.0. The standard InChI is InChI=1S/C23H20N4O/c1-4-6-22(28)26-19-9-10-21-20(12-19)23(17(13-24)14-25-21)27-18-8-5-7-16(11-18)15(2)3/h5,7-12,14-15H,1-3H3,(H,25,27)(H,26,28). The second kappa shape index (κ2) is 8.24. The van der Waals surface area contributed by atoms with E-state index < -0.39 is 0 Å². The normalized spacial score (nSPS) is 10.1. The lowest BCUT2D eigenvalue weighted by atomic mass is 10.0. The van der Waals surface area contributed by atoms with Crippen LogP contribution in [-0.2, 0) is 4.79 Å². The Bertz CT molecular complexity index is 1150. The summed E-state index contributed by atoms with van der Waals surface area (Å²) in [7, 11) is 0. The highest BCUT2D eigenvalue weighted by atomic mass is 16.1. The first-order chi connectivity index (χ1) is 13.5. The van der Waals surface area contributed by atoms with Crippen molar-refractivity contribution in [3.63, 3.8) is 0 Å². The number of nitrogens with one attached hydrogen (secondary N) is 2. The van der Waals surface area contributed by atoms with E-state index >= 15 is 0 Å². The van der Waals surface area contributed by atoms with Crippen molar-refractivity contribution in [3.8, 4) is 17.9 Å². The lowest BCUT2D eigenvalue weighted by molar-refractivity contribution is -0.111. The molecule has 0 unspecified atom stereocenters. The number of amides is 1. The largest absolute Gasteiger partial charge is 0.354 e. The summed E-state index contributed by atoms with van der Waals surface area (Å²) in [5, 5.41) is 16.4. The summed E-state index contributed by atoms with van der Waals surface area (Å²) in [4.78, 5) is 16.1. The number of fused-ring (bicyclic) bond motifs is 1. The highest BCUT2D eigenvalue weighted by Gasteiger charge is 2.11. The molecule has 0 bridgehead atoms. The number of nitriles is 1. The Balaban J connectivity index is 2.08. The topological polar surface area (TPSA) is 77.8 Å². The molecule has 2 aromatic carbocycles. The van der Waals surface area contributed by atoms with Crippen LogP contribution in [0.5, 0.6) is 0 Å². The third-order valence-electron chi connectivity index (χ3n) is 4.31. The van der Waals surface area contributed by atoms with E-state index in [-0.39, 0.29) is 5.91 Å². The van der Waals surface area contributed by atoms with Gasteiger partial charge in [-0.15, -0.1) is 0 Å². The third-order valence-corrected chi connectivity index (χ3v) is 4.31. The van der Waals surface area contributed by atoms with Gasteiger partial charge in [-0.1, -0.05) is 31.9 Å². The summed E-state index contributed by atoms with van der Waals surface area (Å²) in [5.41, 5.74) is 4.50. The number of hydrogen-bond donors (Lipinski definition) is 2. The maximum atomic E-state index is 11.8. The van der Waals surface area contributed by atoms with Crippen molar-refractivity contribution in [1.29, 1.82) is 5.26 Å². The third kappa shape index (κ3) is 4.11. The van der Waals surface area contributed by atoms with Gasteiger partial charge < -0.3 is 10.6 Å². The van der Waals surface area contributed by atoms with E-state index in [9.17, 15) is 10.1 Å². The zero-order valence-electron chi connectivity index (χ0n) is 16.0. The van der Waals surface area contributed by atoms with E-state index in [1.165, 1.54) is 5.56 Å². The molecule has 1 amide bonds. The molecule has 0 atom stereocenters. The first-order valence-corrected chi connectivity index (χ1v) is 8.95. The van der Waals surface area contributed by atoms with E-state index in [1.807, 2.05) is 12.1 Å². The van der Waals surface area contributed by atoms with Gasteiger partial charge in [0.2, 0.25) is 0 Å². The second-order valence-corrected chi connectivity index (χ2v) is 6.62. The minimum absolute atomic E-state index is 0.384. The van der Waals surface area contributed by atoms with Gasteiger partial charge in [-0.25, -0.2) is 0 Å². The highest BCUT2D eigenvalue weighted by Crippen LogP contribution is 2.31. The summed E-state index contributed by atoms with van der Waals surface area (Å²) < 4.78 is 0. The van der Waals surface area contributed by atoms with Crippen LogP contribution in [0.15, 0.2) is 48.7 Å². The maximum Gasteiger partial charge on any atom is 0.300 e. The molecule has 0 saturated carbocycles. The molecule has 0 radical (unpaired) electrons. The minimum Gasteiger partial charge on any atom is -0.354 e. The molecule has 3 aromatic rings. The summed E-state index contributed by atoms with van der Waals surface area (Å²) in [6.07, 6.45) is 1.55. The van der Waals surface area contributed by atoms with Gasteiger partial charge in [-0.3, -0.25) is 9.78 Å². The first kappa shape index (κ1) is 18.9. The average Bonchev–Trinajstić information content (AvgIpc) is 2.68. The molecule has 28 heavy (non-hydrogen) atoms. The quantitative estimate of drug-likeness (QED) is 0.640. The lowest BCUT2D eigenvalue weighted by Crippen LogP contribution is -2.08. The summed E-state index contributed by atoms with van der Waals surface area (Å²) in [6, 6.07) is 15.7. The number of nitrogens with zero attached hydrogens (tertiary/aromatic N) is 2. The van der Waals surface area contributed by atoms with E-state index in [2.05, 4.69) is 59.5 Å². The van der Waals surface area contributed by atoms with Gasteiger partial charge in [0.15, 0.2) is 0 Å². The fraction of sp³-hybridized carbons (Fsp3) is 0.174. The molecule has 0 aliphatic carbocycles. The Morgan fingerprint density at radius 2 is 1.96 bits per heavy atom. The van der Waals surface area contributed by atoms with Gasteiger partial charge in [0.1, 0.15) is 6.07 Å². The molecule has 5 nitrogen and oxygen atoms in total. The monoisotopic (exact) mass is 368 g/mol. The molecule has 5 heteroatoms. The van der Waals surface area contributed by atoms with Crippen LogP contribution in [-0.4, -0.2) is 10.9 Å². The fourth-order valence-corrected chi connectivity index (χ4v) is 2.89. The second-order valence-electron chi connectivity index (χ2n) is 6.62. The Morgan fingerprint density at radius 3 is 2.68 bits per heavy atom. The Kier molecular flexibility index (Phi) is 5.58. The molecule has 0 aliphatic rings. The van der Waals surface area contributed by atoms with Gasteiger partial charge in [-0.05, 0) is 54.7 Å². The number of carbonyl (C=O) groups excluding carboxylic acids is 1. The van der Waals surface area contributed by atoms with Crippen LogP contribution < -0.4 is 10.6 Å². The number of anilines is 3. The van der Waals surface area contributed by atoms with E-state index in [0.717, 1.165) is 16.6 Å². The molecule has 0 fully saturated rings. The number of benzene rings is 2. The summed E-state index contributed by atoms with van der Waals surface area (Å²) >= 11 is 0. The predicted molar refractivity (Wildman–Crippen MR) is 112 cm³/mol. The van der Waals surface area contributed by atoms with Gasteiger partial charge >= 0.3 is 0 Å². The van der Waals surface area contributed by atoms with Crippen molar-refractivity contribution < 1.29 is 4.79 Å². The molecule has 3 rings (SSSR count). The van der Waals surface area contributed by atoms with Gasteiger partial charge in [-0.2, -0.15) is 5.26 Å². The van der Waals surface area contributed by atoms with Crippen LogP contribution in [0.3, 0.4) is 0 Å². The Labute approximate surface area is 164 Å². The lowest BCUT2D eigenvalue weighted by Gasteiger charge is -2.14. The molecule has 0 spiro atoms. The molecule has 1 aromatic heterocycles. The van der Waals surface area contributed by atoms with Gasteiger partial charge in [0.25, 0.3) is 5.91 Å². The van der Waals surface area contributed by atoms with Crippen LogP contribution in [0, 0.1) is 23.2 Å². The minimum atomic E-state index is -0.384. The van der Waals surface area contributed by atoms with Crippen LogP contribution in [0.4, 0.5) is 17.1 Å². The highest BCUT2D eigenvalue weighted by molar-refractivity contribution is 6.06. The Hall–Kier alpha value is -3.83. The van der Waals surface area contributed by atoms with Crippen molar-refractivity contribution >= 4 is 33.9 Å². The van der Waals surface area contributed by atoms with Crippen LogP contribution in [0.2, 0.25) is 0 Å². The number of hydrogen-bond acceptors (Lipinski definition) is 4. The number of aromatic nitrogens is 1. The van der Waals surface area contributed by atoms with E-state index in [1.54, 1.807) is 31.3 Å². The van der Waals surface area contributed by atoms with E-state index in [0.29, 0.717) is 22.9 Å². The van der Waals surface area contributed by atoms with Gasteiger partial charge in [0.05, 0.1) is 16.8 Å². The number of carbonyl (C=O) groups is 1. The molecular weight excluding hydrogens is 348 g/mol.